The van der Waals surface area contributed by atoms with Crippen LogP contribution in [0.1, 0.15) is 25.0 Å². The normalized spacial score (nSPS) is 16.3. The highest BCUT2D eigenvalue weighted by molar-refractivity contribution is 14.0. The third-order valence-corrected chi connectivity index (χ3v) is 3.41. The smallest absolute Gasteiger partial charge is 0.189 e. The van der Waals surface area contributed by atoms with Crippen LogP contribution in [0.5, 0.6) is 11.5 Å². The molecule has 7 heteroatoms. The van der Waals surface area contributed by atoms with Gasteiger partial charge in [-0.1, -0.05) is 0 Å². The molecule has 2 rings (SSSR count). The third-order valence-electron chi connectivity index (χ3n) is 3.41. The molecule has 0 aromatic heterocycles. The number of methoxy groups -OCH3 is 1. The van der Waals surface area contributed by atoms with Gasteiger partial charge in [-0.2, -0.15) is 0 Å². The van der Waals surface area contributed by atoms with Crippen LogP contribution in [-0.4, -0.2) is 38.9 Å². The van der Waals surface area contributed by atoms with Crippen molar-refractivity contribution in [3.05, 3.63) is 23.3 Å². The standard InChI is InChI=1S/C16H25N3O3.HI/c1-4-21-14-8-12-7-11(2)22-15(12)9-13(14)10-19-16(17)18-5-6-20-3;/h8-9,11H,4-7,10H2,1-3H3,(H3,17,18,19);1H. The van der Waals surface area contributed by atoms with Crippen molar-refractivity contribution < 1.29 is 14.2 Å². The third kappa shape index (κ3) is 5.72. The van der Waals surface area contributed by atoms with Gasteiger partial charge in [-0.15, -0.1) is 24.0 Å². The number of ether oxygens (including phenoxy) is 3. The molecule has 6 nitrogen and oxygen atoms in total. The minimum absolute atomic E-state index is 0. The first-order valence-corrected chi connectivity index (χ1v) is 7.62. The van der Waals surface area contributed by atoms with Gasteiger partial charge in [0.15, 0.2) is 5.96 Å². The quantitative estimate of drug-likeness (QED) is 0.297. The van der Waals surface area contributed by atoms with E-state index in [0.29, 0.717) is 32.3 Å². The molecule has 0 saturated carbocycles. The van der Waals surface area contributed by atoms with Gasteiger partial charge in [0, 0.05) is 31.2 Å². The van der Waals surface area contributed by atoms with Crippen LogP contribution in [0, 0.1) is 0 Å². The van der Waals surface area contributed by atoms with Crippen LogP contribution in [-0.2, 0) is 17.7 Å². The van der Waals surface area contributed by atoms with Crippen LogP contribution in [0.15, 0.2) is 17.1 Å². The van der Waals surface area contributed by atoms with Crippen LogP contribution >= 0.6 is 24.0 Å². The average Bonchev–Trinajstić information content (AvgIpc) is 2.84. The first kappa shape index (κ1) is 19.8. The molecule has 1 aromatic rings. The zero-order valence-electron chi connectivity index (χ0n) is 13.9. The predicted octanol–water partition coefficient (Wildman–Crippen LogP) is 2.08. The lowest BCUT2D eigenvalue weighted by atomic mass is 10.1. The van der Waals surface area contributed by atoms with Crippen molar-refractivity contribution in [1.29, 1.82) is 0 Å². The number of nitrogens with zero attached hydrogens (tertiary/aromatic N) is 1. The van der Waals surface area contributed by atoms with Crippen LogP contribution in [0.2, 0.25) is 0 Å². The van der Waals surface area contributed by atoms with Crippen LogP contribution in [0.25, 0.3) is 0 Å². The molecular weight excluding hydrogens is 409 g/mol. The van der Waals surface area contributed by atoms with E-state index in [1.54, 1.807) is 7.11 Å². The van der Waals surface area contributed by atoms with Gasteiger partial charge in [0.25, 0.3) is 0 Å². The molecule has 1 aliphatic heterocycles. The van der Waals surface area contributed by atoms with Crippen LogP contribution < -0.4 is 20.5 Å². The molecule has 1 aliphatic rings. The van der Waals surface area contributed by atoms with Gasteiger partial charge < -0.3 is 25.3 Å². The van der Waals surface area contributed by atoms with E-state index in [2.05, 4.69) is 23.3 Å². The Bertz CT molecular complexity index is 538. The monoisotopic (exact) mass is 435 g/mol. The summed E-state index contributed by atoms with van der Waals surface area (Å²) in [6.07, 6.45) is 1.13. The number of halogens is 1. The largest absolute Gasteiger partial charge is 0.494 e. The van der Waals surface area contributed by atoms with E-state index < -0.39 is 0 Å². The molecular formula is C16H26IN3O3. The van der Waals surface area contributed by atoms with Gasteiger partial charge >= 0.3 is 0 Å². The molecule has 0 radical (unpaired) electrons. The van der Waals surface area contributed by atoms with Gasteiger partial charge in [0.05, 0.1) is 19.8 Å². The number of hydrogen-bond donors (Lipinski definition) is 2. The van der Waals surface area contributed by atoms with Crippen LogP contribution in [0.3, 0.4) is 0 Å². The topological polar surface area (TPSA) is 78.1 Å². The Balaban J connectivity index is 0.00000264. The zero-order valence-corrected chi connectivity index (χ0v) is 16.3. The maximum Gasteiger partial charge on any atom is 0.189 e. The number of nitrogens with two attached hydrogens (primary N) is 1. The van der Waals surface area contributed by atoms with E-state index in [1.807, 2.05) is 13.0 Å². The number of guanidine groups is 1. The van der Waals surface area contributed by atoms with E-state index >= 15 is 0 Å². The molecule has 0 amide bonds. The molecule has 1 aromatic carbocycles. The summed E-state index contributed by atoms with van der Waals surface area (Å²) < 4.78 is 16.5. The fraction of sp³-hybridized carbons (Fsp3) is 0.562. The van der Waals surface area contributed by atoms with Crippen molar-refractivity contribution in [3.63, 3.8) is 0 Å². The van der Waals surface area contributed by atoms with Gasteiger partial charge in [0.1, 0.15) is 17.6 Å². The summed E-state index contributed by atoms with van der Waals surface area (Å²) in [4.78, 5) is 4.35. The maximum absolute atomic E-state index is 5.83. The summed E-state index contributed by atoms with van der Waals surface area (Å²) in [6.45, 7) is 6.33. The van der Waals surface area contributed by atoms with Crippen molar-refractivity contribution in [2.75, 3.05) is 26.9 Å². The van der Waals surface area contributed by atoms with E-state index in [4.69, 9.17) is 19.9 Å². The van der Waals surface area contributed by atoms with Crippen molar-refractivity contribution in [3.8, 4) is 11.5 Å². The zero-order chi connectivity index (χ0) is 15.9. The van der Waals surface area contributed by atoms with Crippen LogP contribution in [0.4, 0.5) is 0 Å². The number of fused-ring (bicyclic) bond motifs is 1. The Hall–Kier alpha value is -1.22. The summed E-state index contributed by atoms with van der Waals surface area (Å²) in [5.41, 5.74) is 8.00. The predicted molar refractivity (Wildman–Crippen MR) is 102 cm³/mol. The second-order valence-corrected chi connectivity index (χ2v) is 5.25. The Morgan fingerprint density at radius 2 is 2.26 bits per heavy atom. The lowest BCUT2D eigenvalue weighted by Crippen LogP contribution is -2.34. The average molecular weight is 435 g/mol. The summed E-state index contributed by atoms with van der Waals surface area (Å²) in [7, 11) is 1.65. The first-order valence-electron chi connectivity index (χ1n) is 7.62. The van der Waals surface area contributed by atoms with E-state index in [0.717, 1.165) is 23.5 Å². The summed E-state index contributed by atoms with van der Waals surface area (Å²) in [6, 6.07) is 4.07. The molecule has 130 valence electrons. The molecule has 0 aliphatic carbocycles. The Morgan fingerprint density at radius 1 is 1.48 bits per heavy atom. The fourth-order valence-corrected chi connectivity index (χ4v) is 2.40. The maximum atomic E-state index is 5.83. The number of nitrogens with one attached hydrogen (secondary N) is 1. The van der Waals surface area contributed by atoms with Crippen molar-refractivity contribution in [2.45, 2.75) is 32.9 Å². The van der Waals surface area contributed by atoms with Gasteiger partial charge in [-0.3, -0.25) is 0 Å². The molecule has 1 unspecified atom stereocenters. The molecule has 23 heavy (non-hydrogen) atoms. The molecule has 1 atom stereocenters. The summed E-state index contributed by atoms with van der Waals surface area (Å²) in [5, 5.41) is 3.00. The van der Waals surface area contributed by atoms with Gasteiger partial charge in [0.2, 0.25) is 0 Å². The highest BCUT2D eigenvalue weighted by Crippen LogP contribution is 2.35. The van der Waals surface area contributed by atoms with Crippen molar-refractivity contribution in [2.24, 2.45) is 10.7 Å². The molecule has 1 heterocycles. The lowest BCUT2D eigenvalue weighted by molar-refractivity contribution is 0.204. The number of hydrogen-bond acceptors (Lipinski definition) is 4. The minimum Gasteiger partial charge on any atom is -0.494 e. The number of rotatable bonds is 7. The second kappa shape index (κ2) is 9.82. The summed E-state index contributed by atoms with van der Waals surface area (Å²) in [5.74, 6) is 2.17. The minimum atomic E-state index is 0. The number of benzene rings is 1. The molecule has 0 fully saturated rings. The van der Waals surface area contributed by atoms with Gasteiger partial charge in [-0.25, -0.2) is 4.99 Å². The molecule has 0 bridgehead atoms. The first-order chi connectivity index (χ1) is 10.6. The molecule has 0 spiro atoms. The van der Waals surface area contributed by atoms with Crippen molar-refractivity contribution >= 4 is 29.9 Å². The fourth-order valence-electron chi connectivity index (χ4n) is 2.40. The second-order valence-electron chi connectivity index (χ2n) is 5.25. The Morgan fingerprint density at radius 3 is 2.96 bits per heavy atom. The molecule has 3 N–H and O–H groups in total. The Kier molecular flexibility index (Phi) is 8.46. The van der Waals surface area contributed by atoms with E-state index in [-0.39, 0.29) is 30.1 Å². The highest BCUT2D eigenvalue weighted by atomic mass is 127. The van der Waals surface area contributed by atoms with E-state index in [1.165, 1.54) is 5.56 Å². The molecule has 0 saturated heterocycles. The van der Waals surface area contributed by atoms with E-state index in [9.17, 15) is 0 Å². The SMILES string of the molecule is CCOc1cc2c(cc1CN=C(N)NCCOC)OC(C)C2.I. The van der Waals surface area contributed by atoms with Gasteiger partial charge in [-0.05, 0) is 26.0 Å². The Labute approximate surface area is 154 Å². The lowest BCUT2D eigenvalue weighted by Gasteiger charge is -2.12. The summed E-state index contributed by atoms with van der Waals surface area (Å²) >= 11 is 0. The highest BCUT2D eigenvalue weighted by Gasteiger charge is 2.21. The van der Waals surface area contributed by atoms with Crippen molar-refractivity contribution in [1.82, 2.24) is 5.32 Å². The number of aliphatic imine (C=N–C) groups is 1.